The molecule has 4 heterocycles. The minimum Gasteiger partial charge on any atom is -0.461 e. The fraction of sp³-hybridized carbons (Fsp3) is 0.810. The van der Waals surface area contributed by atoms with Gasteiger partial charge >= 0.3 is 18.0 Å². The molecular formula is C42H68N7O10P. The van der Waals surface area contributed by atoms with Gasteiger partial charge in [0.1, 0.15) is 17.9 Å². The van der Waals surface area contributed by atoms with Crippen LogP contribution in [-0.4, -0.2) is 151 Å². The number of cyclic esters (lactones) is 1. The number of methoxy groups -OCH3 is 1. The summed E-state index contributed by atoms with van der Waals surface area (Å²) in [7, 11) is 7.35. The quantitative estimate of drug-likeness (QED) is 0.0378. The fourth-order valence-corrected chi connectivity index (χ4v) is 10.1. The van der Waals surface area contributed by atoms with E-state index in [1.54, 1.807) is 43.5 Å². The number of aromatic nitrogens is 1. The zero-order chi connectivity index (χ0) is 44.4. The first-order chi connectivity index (χ1) is 28.4. The van der Waals surface area contributed by atoms with Crippen LogP contribution in [0.15, 0.2) is 29.6 Å². The van der Waals surface area contributed by atoms with Gasteiger partial charge in [-0.15, -0.1) is 0 Å². The Morgan fingerprint density at radius 3 is 2.52 bits per heavy atom. The third-order valence-corrected chi connectivity index (χ3v) is 13.6. The van der Waals surface area contributed by atoms with Crippen LogP contribution in [-0.2, 0) is 49.0 Å². The van der Waals surface area contributed by atoms with Crippen molar-refractivity contribution in [2.75, 3.05) is 47.9 Å². The van der Waals surface area contributed by atoms with E-state index in [4.69, 9.17) is 34.0 Å². The second-order valence-electron chi connectivity index (χ2n) is 17.6. The molecule has 0 N–H and O–H groups in total. The Balaban J connectivity index is 1.81. The number of carbonyl (C=O) groups is 3. The Morgan fingerprint density at radius 2 is 1.90 bits per heavy atom. The van der Waals surface area contributed by atoms with Gasteiger partial charge in [-0.1, -0.05) is 25.0 Å². The van der Waals surface area contributed by atoms with E-state index in [0.29, 0.717) is 57.3 Å². The van der Waals surface area contributed by atoms with Crippen LogP contribution < -0.4 is 0 Å². The fourth-order valence-electron chi connectivity index (χ4n) is 9.30. The Morgan fingerprint density at radius 1 is 1.17 bits per heavy atom. The molecule has 18 heteroatoms. The Hall–Kier alpha value is -3.43. The van der Waals surface area contributed by atoms with Crippen LogP contribution in [0.3, 0.4) is 0 Å². The number of amides is 1. The number of rotatable bonds is 14. The molecule has 0 aliphatic carbocycles. The summed E-state index contributed by atoms with van der Waals surface area (Å²) in [5.74, 6) is -2.24. The number of pyridine rings is 1. The van der Waals surface area contributed by atoms with Gasteiger partial charge in [0.2, 0.25) is 0 Å². The number of ether oxygens (including phenoxy) is 6. The molecule has 1 aromatic rings. The largest absolute Gasteiger partial charge is 0.461 e. The van der Waals surface area contributed by atoms with Crippen LogP contribution in [0.25, 0.3) is 10.4 Å². The second kappa shape index (κ2) is 22.1. The highest BCUT2D eigenvalue weighted by atomic mass is 31.1. The molecule has 0 spiro atoms. The summed E-state index contributed by atoms with van der Waals surface area (Å²) >= 11 is 0. The van der Waals surface area contributed by atoms with E-state index in [-0.39, 0.29) is 45.4 Å². The van der Waals surface area contributed by atoms with Crippen molar-refractivity contribution in [2.45, 2.75) is 159 Å². The minimum atomic E-state index is -1.26. The maximum absolute atomic E-state index is 14.5. The van der Waals surface area contributed by atoms with Crippen molar-refractivity contribution >= 4 is 26.5 Å². The molecule has 3 aliphatic heterocycles. The number of likely N-dealkylation sites (N-methyl/N-ethyl adjacent to an activating group) is 1. The minimum absolute atomic E-state index is 0.0109. The van der Waals surface area contributed by atoms with Gasteiger partial charge in [-0.25, -0.2) is 4.79 Å². The molecule has 4 rings (SSSR count). The third kappa shape index (κ3) is 11.9. The highest BCUT2D eigenvalue weighted by molar-refractivity contribution is 7.25. The second-order valence-corrected chi connectivity index (χ2v) is 18.4. The predicted molar refractivity (Wildman–Crippen MR) is 224 cm³/mol. The molecule has 1 aromatic heterocycles. The zero-order valence-electron chi connectivity index (χ0n) is 37.4. The Kier molecular flexibility index (Phi) is 18.1. The average Bonchev–Trinajstić information content (AvgIpc) is 3.46. The molecule has 336 valence electrons. The highest BCUT2D eigenvalue weighted by Gasteiger charge is 2.59. The van der Waals surface area contributed by atoms with E-state index in [1.165, 1.54) is 0 Å². The lowest BCUT2D eigenvalue weighted by Gasteiger charge is -2.46. The van der Waals surface area contributed by atoms with Gasteiger partial charge in [0.15, 0.2) is 20.4 Å². The molecule has 0 saturated carbocycles. The van der Waals surface area contributed by atoms with Crippen molar-refractivity contribution in [3.63, 3.8) is 0 Å². The molecule has 17 nitrogen and oxygen atoms in total. The van der Waals surface area contributed by atoms with Crippen LogP contribution in [0.4, 0.5) is 4.79 Å². The number of hydrogen-bond donors (Lipinski definition) is 0. The first-order valence-corrected chi connectivity index (χ1v) is 22.1. The molecule has 0 aromatic carbocycles. The van der Waals surface area contributed by atoms with Crippen LogP contribution in [0.5, 0.6) is 0 Å². The van der Waals surface area contributed by atoms with E-state index in [0.717, 1.165) is 0 Å². The maximum atomic E-state index is 14.5. The maximum Gasteiger partial charge on any atom is 0.410 e. The lowest BCUT2D eigenvalue weighted by molar-refractivity contribution is -0.258. The van der Waals surface area contributed by atoms with Crippen LogP contribution in [0, 0.1) is 11.8 Å². The molecule has 60 heavy (non-hydrogen) atoms. The van der Waals surface area contributed by atoms with Crippen LogP contribution >= 0.6 is 8.46 Å². The van der Waals surface area contributed by atoms with E-state index in [1.807, 2.05) is 60.7 Å². The number of esters is 2. The summed E-state index contributed by atoms with van der Waals surface area (Å²) < 4.78 is 51.5. The Bertz CT molecular complexity index is 1640. The number of fused-ring (bicyclic) bond motifs is 1. The third-order valence-electron chi connectivity index (χ3n) is 12.8. The number of carbonyl (C=O) groups excluding carboxylic acids is 3. The molecule has 3 aliphatic rings. The van der Waals surface area contributed by atoms with Crippen LogP contribution in [0.2, 0.25) is 0 Å². The SMILES string of the molecule is CC[C@H]1OC(=O)[C@H](C)C(OC(=O)Cc2cccnc2)C[C@@H](O[C@@H]2OC(C)CC(N(C)C)C2P=O)[C@](C)(OC)C[C@@H](C)CN(C)[C@H](C)[C@H]2N(CCCCN=[N+]=[N-])C(=O)O[C@]12C. The van der Waals surface area contributed by atoms with Crippen molar-refractivity contribution in [3.05, 3.63) is 40.5 Å². The van der Waals surface area contributed by atoms with Gasteiger partial charge in [-0.2, -0.15) is 0 Å². The van der Waals surface area contributed by atoms with Crippen molar-refractivity contribution in [1.82, 2.24) is 19.7 Å². The summed E-state index contributed by atoms with van der Waals surface area (Å²) in [4.78, 5) is 55.0. The molecule has 3 saturated heterocycles. The average molecular weight is 862 g/mol. The summed E-state index contributed by atoms with van der Waals surface area (Å²) in [5.41, 5.74) is 6.59. The van der Waals surface area contributed by atoms with Gasteiger partial charge in [0.05, 0.1) is 36.2 Å². The number of unbranched alkanes of at least 4 members (excludes halogenated alkanes) is 1. The first-order valence-electron chi connectivity index (χ1n) is 21.3. The standard InChI is InChI=1S/C42H68N7O10P/c1-12-33-42(7)37(49(40(52)59-42)19-14-13-18-45-46-43)29(5)48(10)25-26(2)23-41(6,54-11)34(58-39-36(60-53)31(47(8)9)20-27(3)55-39)22-32(28(4)38(51)57-33)56-35(50)21-30-16-15-17-44-24-30/h15-17,24,26-29,31-34,36-37,39H,12-14,18-23,25H2,1-11H3/t26-,27?,28-,29-,31?,32?,33-,34-,36?,37-,39+,41-,42-/m1/s1. The molecule has 1 amide bonds. The summed E-state index contributed by atoms with van der Waals surface area (Å²) in [6.45, 7) is 14.7. The molecule has 0 radical (unpaired) electrons. The van der Waals surface area contributed by atoms with Gasteiger partial charge in [-0.3, -0.25) is 24.0 Å². The lowest BCUT2D eigenvalue weighted by Crippen LogP contribution is -2.61. The number of hydrogen-bond acceptors (Lipinski definition) is 14. The van der Waals surface area contributed by atoms with Gasteiger partial charge in [-0.05, 0) is 111 Å². The van der Waals surface area contributed by atoms with Crippen molar-refractivity contribution in [2.24, 2.45) is 17.0 Å². The van der Waals surface area contributed by atoms with E-state index >= 15 is 0 Å². The van der Waals surface area contributed by atoms with Gasteiger partial charge < -0.3 is 38.2 Å². The monoisotopic (exact) mass is 861 g/mol. The first kappa shape index (κ1) is 49.2. The summed E-state index contributed by atoms with van der Waals surface area (Å²) in [6, 6.07) is 2.59. The van der Waals surface area contributed by atoms with Crippen molar-refractivity contribution in [3.8, 4) is 0 Å². The van der Waals surface area contributed by atoms with Crippen molar-refractivity contribution < 1.29 is 47.4 Å². The number of nitrogens with zero attached hydrogens (tertiary/aromatic N) is 7. The Labute approximate surface area is 357 Å². The van der Waals surface area contributed by atoms with E-state index in [9.17, 15) is 18.9 Å². The summed E-state index contributed by atoms with van der Waals surface area (Å²) in [6.07, 6.45) is 1.34. The van der Waals surface area contributed by atoms with E-state index < -0.39 is 71.5 Å². The van der Waals surface area contributed by atoms with Gasteiger partial charge in [0.25, 0.3) is 0 Å². The molecule has 4 unspecified atom stereocenters. The molecule has 3 fully saturated rings. The van der Waals surface area contributed by atoms with Crippen molar-refractivity contribution in [1.29, 1.82) is 0 Å². The van der Waals surface area contributed by atoms with Crippen LogP contribution in [0.1, 0.15) is 92.6 Å². The highest BCUT2D eigenvalue weighted by Crippen LogP contribution is 2.42. The molecule has 0 bridgehead atoms. The summed E-state index contributed by atoms with van der Waals surface area (Å²) in [5, 5.41) is 3.65. The van der Waals surface area contributed by atoms with E-state index in [2.05, 4.69) is 26.8 Å². The van der Waals surface area contributed by atoms with Gasteiger partial charge in [0, 0.05) is 62.6 Å². The normalized spacial score (nSPS) is 36.1. The smallest absolute Gasteiger partial charge is 0.410 e. The number of azide groups is 1. The zero-order valence-corrected chi connectivity index (χ0v) is 38.3. The topological polar surface area (TPSA) is 195 Å². The lowest BCUT2D eigenvalue weighted by atomic mass is 9.82. The molecule has 13 atom stereocenters. The predicted octanol–water partition coefficient (Wildman–Crippen LogP) is 6.43. The molecular weight excluding hydrogens is 793 g/mol.